The molecular formula is C15H20N4O2S. The molecule has 7 heteroatoms. The number of thioether (sulfide) groups is 1. The Morgan fingerprint density at radius 3 is 3.09 bits per heavy atom. The predicted molar refractivity (Wildman–Crippen MR) is 84.5 cm³/mol. The number of hydrogen-bond acceptors (Lipinski definition) is 5. The Balaban J connectivity index is 1.59. The van der Waals surface area contributed by atoms with Crippen molar-refractivity contribution in [3.8, 4) is 0 Å². The molecule has 2 aromatic heterocycles. The largest absolute Gasteiger partial charge is 0.455 e. The summed E-state index contributed by atoms with van der Waals surface area (Å²) in [5.41, 5.74) is 5.67. The lowest BCUT2D eigenvalue weighted by molar-refractivity contribution is 0.0754. The Labute approximate surface area is 133 Å². The zero-order valence-electron chi connectivity index (χ0n) is 12.6. The quantitative estimate of drug-likeness (QED) is 0.849. The molecule has 1 aliphatic rings. The fourth-order valence-corrected chi connectivity index (χ4v) is 3.39. The molecule has 1 amide bonds. The minimum atomic E-state index is -0.0378. The summed E-state index contributed by atoms with van der Waals surface area (Å²) in [5, 5.41) is 0.926. The summed E-state index contributed by atoms with van der Waals surface area (Å²) < 4.78 is 7.64. The van der Waals surface area contributed by atoms with Crippen LogP contribution in [0.5, 0.6) is 0 Å². The van der Waals surface area contributed by atoms with Crippen LogP contribution in [0.4, 0.5) is 0 Å². The van der Waals surface area contributed by atoms with Crippen molar-refractivity contribution >= 4 is 17.7 Å². The molecule has 0 aromatic carbocycles. The fourth-order valence-electron chi connectivity index (χ4n) is 2.56. The van der Waals surface area contributed by atoms with Gasteiger partial charge in [0.1, 0.15) is 5.76 Å². The van der Waals surface area contributed by atoms with E-state index < -0.39 is 0 Å². The van der Waals surface area contributed by atoms with Crippen molar-refractivity contribution in [2.75, 3.05) is 19.6 Å². The van der Waals surface area contributed by atoms with Crippen LogP contribution in [0.15, 0.2) is 34.1 Å². The number of likely N-dealkylation sites (tertiary alicyclic amines) is 1. The number of rotatable bonds is 5. The summed E-state index contributed by atoms with van der Waals surface area (Å²) in [5.74, 6) is 2.23. The number of furan rings is 1. The van der Waals surface area contributed by atoms with Crippen molar-refractivity contribution in [2.45, 2.75) is 17.3 Å². The molecule has 0 radical (unpaired) electrons. The zero-order valence-corrected chi connectivity index (χ0v) is 13.4. The molecule has 2 aromatic rings. The van der Waals surface area contributed by atoms with Crippen molar-refractivity contribution in [2.24, 2.45) is 18.7 Å². The highest BCUT2D eigenvalue weighted by molar-refractivity contribution is 7.98. The minimum Gasteiger partial charge on any atom is -0.455 e. The summed E-state index contributed by atoms with van der Waals surface area (Å²) in [7, 11) is 1.95. The normalized spacial score (nSPS) is 18.1. The van der Waals surface area contributed by atoms with Crippen LogP contribution < -0.4 is 5.73 Å². The Kier molecular flexibility index (Phi) is 4.54. The van der Waals surface area contributed by atoms with Crippen LogP contribution in [-0.2, 0) is 12.8 Å². The van der Waals surface area contributed by atoms with Crippen LogP contribution in [0, 0.1) is 5.92 Å². The maximum absolute atomic E-state index is 12.4. The number of hydrogen-bond donors (Lipinski definition) is 1. The van der Waals surface area contributed by atoms with Crippen LogP contribution in [0.25, 0.3) is 0 Å². The van der Waals surface area contributed by atoms with E-state index in [4.69, 9.17) is 10.2 Å². The van der Waals surface area contributed by atoms with E-state index in [9.17, 15) is 4.79 Å². The average Bonchev–Trinajstić information content (AvgIpc) is 3.25. The molecule has 1 atom stereocenters. The molecular weight excluding hydrogens is 300 g/mol. The molecule has 1 saturated heterocycles. The van der Waals surface area contributed by atoms with E-state index in [0.29, 0.717) is 24.0 Å². The highest BCUT2D eigenvalue weighted by Gasteiger charge is 2.27. The van der Waals surface area contributed by atoms with E-state index in [1.807, 2.05) is 28.8 Å². The fraction of sp³-hybridized carbons (Fsp3) is 0.467. The predicted octanol–water partition coefficient (Wildman–Crippen LogP) is 1.73. The van der Waals surface area contributed by atoms with Gasteiger partial charge in [-0.05, 0) is 31.0 Å². The maximum atomic E-state index is 12.4. The molecule has 3 heterocycles. The molecule has 2 N–H and O–H groups in total. The van der Waals surface area contributed by atoms with Gasteiger partial charge in [-0.25, -0.2) is 4.98 Å². The smallest absolute Gasteiger partial charge is 0.289 e. The second-order valence-electron chi connectivity index (χ2n) is 5.52. The van der Waals surface area contributed by atoms with E-state index in [1.54, 1.807) is 24.0 Å². The molecule has 0 aliphatic carbocycles. The first-order chi connectivity index (χ1) is 10.7. The molecule has 0 saturated carbocycles. The maximum Gasteiger partial charge on any atom is 0.289 e. The average molecular weight is 320 g/mol. The number of imidazole rings is 1. The lowest BCUT2D eigenvalue weighted by atomic mass is 10.1. The van der Waals surface area contributed by atoms with E-state index in [2.05, 4.69) is 4.98 Å². The van der Waals surface area contributed by atoms with Crippen LogP contribution in [-0.4, -0.2) is 40.0 Å². The molecule has 1 fully saturated rings. The topological polar surface area (TPSA) is 77.3 Å². The minimum absolute atomic E-state index is 0.0378. The molecule has 0 spiro atoms. The van der Waals surface area contributed by atoms with Gasteiger partial charge >= 0.3 is 0 Å². The third-order valence-corrected chi connectivity index (χ3v) is 4.98. The standard InChI is InChI=1S/C15H20N4O2S/c1-18-7-5-17-15(18)22-10-12-2-3-13(21-12)14(20)19-6-4-11(8-16)9-19/h2-3,5,7,11H,4,6,8-10,16H2,1H3. The van der Waals surface area contributed by atoms with Gasteiger partial charge in [0.2, 0.25) is 0 Å². The van der Waals surface area contributed by atoms with Gasteiger partial charge in [-0.3, -0.25) is 4.79 Å². The van der Waals surface area contributed by atoms with Gasteiger partial charge in [0.05, 0.1) is 5.75 Å². The Morgan fingerprint density at radius 1 is 1.55 bits per heavy atom. The lowest BCUT2D eigenvalue weighted by Gasteiger charge is -2.14. The highest BCUT2D eigenvalue weighted by Crippen LogP contribution is 2.23. The van der Waals surface area contributed by atoms with E-state index in [0.717, 1.165) is 30.4 Å². The van der Waals surface area contributed by atoms with Gasteiger partial charge in [-0.2, -0.15) is 0 Å². The number of carbonyl (C=O) groups excluding carboxylic acids is 1. The first kappa shape index (κ1) is 15.2. The Bertz CT molecular complexity index is 652. The third-order valence-electron chi connectivity index (χ3n) is 3.90. The Hall–Kier alpha value is -1.73. The SMILES string of the molecule is Cn1ccnc1SCc1ccc(C(=O)N2CCC(CN)C2)o1. The van der Waals surface area contributed by atoms with E-state index >= 15 is 0 Å². The van der Waals surface area contributed by atoms with Gasteiger partial charge < -0.3 is 19.6 Å². The van der Waals surface area contributed by atoms with Crippen LogP contribution >= 0.6 is 11.8 Å². The summed E-state index contributed by atoms with van der Waals surface area (Å²) in [6.07, 6.45) is 4.64. The van der Waals surface area contributed by atoms with Crippen molar-refractivity contribution in [3.05, 3.63) is 36.0 Å². The van der Waals surface area contributed by atoms with E-state index in [1.165, 1.54) is 0 Å². The van der Waals surface area contributed by atoms with Crippen LogP contribution in [0.3, 0.4) is 0 Å². The summed E-state index contributed by atoms with van der Waals surface area (Å²) in [4.78, 5) is 18.5. The first-order valence-corrected chi connectivity index (χ1v) is 8.34. The molecule has 1 aliphatic heterocycles. The van der Waals surface area contributed by atoms with E-state index in [-0.39, 0.29) is 5.91 Å². The van der Waals surface area contributed by atoms with Crippen LogP contribution in [0.1, 0.15) is 22.7 Å². The summed E-state index contributed by atoms with van der Waals surface area (Å²) in [6.45, 7) is 2.12. The van der Waals surface area contributed by atoms with Gasteiger partial charge in [-0.15, -0.1) is 0 Å². The number of nitrogens with two attached hydrogens (primary N) is 1. The van der Waals surface area contributed by atoms with Gasteiger partial charge in [0, 0.05) is 32.5 Å². The lowest BCUT2D eigenvalue weighted by Crippen LogP contribution is -2.29. The zero-order chi connectivity index (χ0) is 15.5. The monoisotopic (exact) mass is 320 g/mol. The van der Waals surface area contributed by atoms with Crippen molar-refractivity contribution in [1.29, 1.82) is 0 Å². The number of aromatic nitrogens is 2. The molecule has 0 bridgehead atoms. The van der Waals surface area contributed by atoms with Gasteiger partial charge in [0.15, 0.2) is 10.9 Å². The second-order valence-corrected chi connectivity index (χ2v) is 6.46. The number of aryl methyl sites for hydroxylation is 1. The molecule has 118 valence electrons. The first-order valence-electron chi connectivity index (χ1n) is 7.35. The number of nitrogens with zero attached hydrogens (tertiary/aromatic N) is 3. The highest BCUT2D eigenvalue weighted by atomic mass is 32.2. The third kappa shape index (κ3) is 3.20. The van der Waals surface area contributed by atoms with Crippen molar-refractivity contribution in [1.82, 2.24) is 14.5 Å². The summed E-state index contributed by atoms with van der Waals surface area (Å²) in [6, 6.07) is 3.62. The molecule has 3 rings (SSSR count). The number of carbonyl (C=O) groups is 1. The molecule has 6 nitrogen and oxygen atoms in total. The van der Waals surface area contributed by atoms with Crippen molar-refractivity contribution in [3.63, 3.8) is 0 Å². The Morgan fingerprint density at radius 2 is 2.41 bits per heavy atom. The molecule has 1 unspecified atom stereocenters. The van der Waals surface area contributed by atoms with Gasteiger partial charge in [0.25, 0.3) is 5.91 Å². The second kappa shape index (κ2) is 6.58. The van der Waals surface area contributed by atoms with Crippen molar-refractivity contribution < 1.29 is 9.21 Å². The van der Waals surface area contributed by atoms with Crippen LogP contribution in [0.2, 0.25) is 0 Å². The van der Waals surface area contributed by atoms with Gasteiger partial charge in [-0.1, -0.05) is 11.8 Å². The molecule has 22 heavy (non-hydrogen) atoms. The number of amides is 1. The summed E-state index contributed by atoms with van der Waals surface area (Å²) >= 11 is 1.58.